The summed E-state index contributed by atoms with van der Waals surface area (Å²) in [5, 5.41) is 18.0. The smallest absolute Gasteiger partial charge is 0.279 e. The predicted octanol–water partition coefficient (Wildman–Crippen LogP) is 4.14. The summed E-state index contributed by atoms with van der Waals surface area (Å²) in [5.41, 5.74) is 3.52. The number of amides is 1. The molecule has 0 aliphatic carbocycles. The van der Waals surface area contributed by atoms with Gasteiger partial charge in [0.25, 0.3) is 11.6 Å². The normalized spacial score (nSPS) is 16.0. The zero-order valence-corrected chi connectivity index (χ0v) is 15.2. The van der Waals surface area contributed by atoms with Gasteiger partial charge in [-0.1, -0.05) is 15.9 Å². The number of benzene rings is 2. The summed E-state index contributed by atoms with van der Waals surface area (Å²) in [4.78, 5) is 25.1. The first kappa shape index (κ1) is 16.5. The molecule has 0 radical (unpaired) electrons. The van der Waals surface area contributed by atoms with Crippen LogP contribution in [0.4, 0.5) is 11.4 Å². The number of hydrogen-bond donors (Lipinski definition) is 1. The molecule has 4 rings (SSSR count). The van der Waals surface area contributed by atoms with Crippen molar-refractivity contribution >= 4 is 33.2 Å². The van der Waals surface area contributed by atoms with Crippen LogP contribution in [-0.2, 0) is 0 Å². The fourth-order valence-electron chi connectivity index (χ4n) is 3.26. The number of rotatable bonds is 3. The average Bonchev–Trinajstić information content (AvgIpc) is 3.15. The van der Waals surface area contributed by atoms with E-state index in [-0.39, 0.29) is 11.6 Å². The van der Waals surface area contributed by atoms with Gasteiger partial charge in [0.2, 0.25) is 0 Å². The lowest BCUT2D eigenvalue weighted by Crippen LogP contribution is -2.29. The Kier molecular flexibility index (Phi) is 3.84. The molecular formula is C18H13BrN4O3. The first-order valence-corrected chi connectivity index (χ1v) is 8.65. The van der Waals surface area contributed by atoms with Gasteiger partial charge in [-0.3, -0.25) is 24.9 Å². The molecule has 0 unspecified atom stereocenters. The average molecular weight is 413 g/mol. The Balaban J connectivity index is 1.86. The number of nitro benzene ring substituents is 1. The van der Waals surface area contributed by atoms with Crippen LogP contribution in [0.25, 0.3) is 0 Å². The standard InChI is InChI=1S/C18H13BrN4O3/c1-10-15-16(21-20-10)18(24)22(13-8-4-12(19)5-9-13)17(15)11-2-6-14(7-3-11)23(25)26/h2-9,17H,1H3,(H,20,21)/t17-/m1/s1. The second kappa shape index (κ2) is 6.06. The Labute approximate surface area is 156 Å². The van der Waals surface area contributed by atoms with E-state index >= 15 is 0 Å². The van der Waals surface area contributed by atoms with E-state index in [4.69, 9.17) is 0 Å². The van der Waals surface area contributed by atoms with Gasteiger partial charge in [0, 0.05) is 33.6 Å². The Hall–Kier alpha value is -3.00. The number of hydrogen-bond acceptors (Lipinski definition) is 4. The SMILES string of the molecule is Cc1[nH]nc2c1[C@@H](c1ccc([N+](=O)[O-])cc1)N(c1ccc(Br)cc1)C2=O. The van der Waals surface area contributed by atoms with Crippen LogP contribution in [-0.4, -0.2) is 21.0 Å². The van der Waals surface area contributed by atoms with E-state index in [1.165, 1.54) is 12.1 Å². The first-order valence-electron chi connectivity index (χ1n) is 7.85. The molecule has 7 nitrogen and oxygen atoms in total. The first-order chi connectivity index (χ1) is 12.5. The highest BCUT2D eigenvalue weighted by molar-refractivity contribution is 9.10. The van der Waals surface area contributed by atoms with Crippen LogP contribution in [0.1, 0.15) is 33.4 Å². The Bertz CT molecular complexity index is 1010. The molecule has 0 saturated carbocycles. The van der Waals surface area contributed by atoms with E-state index < -0.39 is 11.0 Å². The molecule has 0 bridgehead atoms. The quantitative estimate of drug-likeness (QED) is 0.516. The van der Waals surface area contributed by atoms with Crippen LogP contribution in [0, 0.1) is 17.0 Å². The van der Waals surface area contributed by atoms with Gasteiger partial charge in [0.1, 0.15) is 0 Å². The third-order valence-corrected chi connectivity index (χ3v) is 5.00. The van der Waals surface area contributed by atoms with Crippen molar-refractivity contribution in [2.24, 2.45) is 0 Å². The monoisotopic (exact) mass is 412 g/mol. The number of carbonyl (C=O) groups is 1. The fraction of sp³-hybridized carbons (Fsp3) is 0.111. The molecule has 8 heteroatoms. The van der Waals surface area contributed by atoms with Gasteiger partial charge in [-0.2, -0.15) is 5.10 Å². The molecule has 1 atom stereocenters. The Morgan fingerprint density at radius 2 is 1.81 bits per heavy atom. The number of fused-ring (bicyclic) bond motifs is 1. The lowest BCUT2D eigenvalue weighted by Gasteiger charge is -2.26. The molecule has 1 amide bonds. The molecule has 1 aromatic heterocycles. The number of nitrogens with one attached hydrogen (secondary N) is 1. The van der Waals surface area contributed by atoms with Crippen molar-refractivity contribution < 1.29 is 9.72 Å². The highest BCUT2D eigenvalue weighted by Crippen LogP contribution is 2.42. The van der Waals surface area contributed by atoms with Crippen LogP contribution < -0.4 is 4.90 Å². The van der Waals surface area contributed by atoms with Gasteiger partial charge < -0.3 is 0 Å². The molecule has 2 heterocycles. The minimum atomic E-state index is -0.440. The second-order valence-electron chi connectivity index (χ2n) is 6.01. The summed E-state index contributed by atoms with van der Waals surface area (Å²) in [5.74, 6) is -0.199. The maximum absolute atomic E-state index is 13.0. The van der Waals surface area contributed by atoms with Crippen molar-refractivity contribution in [3.63, 3.8) is 0 Å². The van der Waals surface area contributed by atoms with Crippen LogP contribution in [0.5, 0.6) is 0 Å². The van der Waals surface area contributed by atoms with Crippen LogP contribution in [0.2, 0.25) is 0 Å². The zero-order valence-electron chi connectivity index (χ0n) is 13.6. The number of aryl methyl sites for hydroxylation is 1. The van der Waals surface area contributed by atoms with Gasteiger partial charge in [-0.05, 0) is 48.9 Å². The third kappa shape index (κ3) is 2.50. The van der Waals surface area contributed by atoms with E-state index in [0.29, 0.717) is 5.69 Å². The summed E-state index contributed by atoms with van der Waals surface area (Å²) in [6.45, 7) is 1.86. The van der Waals surface area contributed by atoms with E-state index in [1.54, 1.807) is 17.0 Å². The van der Waals surface area contributed by atoms with Crippen molar-refractivity contribution in [2.45, 2.75) is 13.0 Å². The van der Waals surface area contributed by atoms with Gasteiger partial charge in [-0.15, -0.1) is 0 Å². The molecule has 1 N–H and O–H groups in total. The zero-order chi connectivity index (χ0) is 18.4. The van der Waals surface area contributed by atoms with Crippen LogP contribution >= 0.6 is 15.9 Å². The van der Waals surface area contributed by atoms with Gasteiger partial charge in [-0.25, -0.2) is 0 Å². The Morgan fingerprint density at radius 3 is 2.42 bits per heavy atom. The number of nitrogens with zero attached hydrogens (tertiary/aromatic N) is 3. The molecule has 0 spiro atoms. The van der Waals surface area contributed by atoms with E-state index in [9.17, 15) is 14.9 Å². The number of aromatic nitrogens is 2. The minimum Gasteiger partial charge on any atom is -0.295 e. The highest BCUT2D eigenvalue weighted by Gasteiger charge is 2.42. The summed E-state index contributed by atoms with van der Waals surface area (Å²) in [6.07, 6.45) is 0. The summed E-state index contributed by atoms with van der Waals surface area (Å²) < 4.78 is 0.911. The second-order valence-corrected chi connectivity index (χ2v) is 6.93. The lowest BCUT2D eigenvalue weighted by atomic mass is 9.98. The number of H-pyrrole nitrogens is 1. The van der Waals surface area contributed by atoms with Gasteiger partial charge in [0.05, 0.1) is 11.0 Å². The lowest BCUT2D eigenvalue weighted by molar-refractivity contribution is -0.384. The highest BCUT2D eigenvalue weighted by atomic mass is 79.9. The van der Waals surface area contributed by atoms with Crippen molar-refractivity contribution in [3.8, 4) is 0 Å². The van der Waals surface area contributed by atoms with E-state index in [0.717, 1.165) is 27.0 Å². The number of non-ortho nitro benzene ring substituents is 1. The molecule has 0 saturated heterocycles. The molecule has 1 aliphatic rings. The van der Waals surface area contributed by atoms with Gasteiger partial charge in [0.15, 0.2) is 5.69 Å². The van der Waals surface area contributed by atoms with Crippen LogP contribution in [0.15, 0.2) is 53.0 Å². The topological polar surface area (TPSA) is 92.1 Å². The van der Waals surface area contributed by atoms with Crippen molar-refractivity contribution in [1.29, 1.82) is 0 Å². The molecule has 130 valence electrons. The Morgan fingerprint density at radius 1 is 1.15 bits per heavy atom. The largest absolute Gasteiger partial charge is 0.295 e. The molecule has 3 aromatic rings. The predicted molar refractivity (Wildman–Crippen MR) is 99.2 cm³/mol. The summed E-state index contributed by atoms with van der Waals surface area (Å²) >= 11 is 3.40. The maximum atomic E-state index is 13.0. The maximum Gasteiger partial charge on any atom is 0.279 e. The van der Waals surface area contributed by atoms with Crippen molar-refractivity contribution in [2.75, 3.05) is 4.90 Å². The fourth-order valence-corrected chi connectivity index (χ4v) is 3.52. The summed E-state index contributed by atoms with van der Waals surface area (Å²) in [6, 6.07) is 13.3. The molecule has 0 fully saturated rings. The minimum absolute atomic E-state index is 0.0115. The number of carbonyl (C=O) groups excluding carboxylic acids is 1. The molecule has 26 heavy (non-hydrogen) atoms. The molecular weight excluding hydrogens is 400 g/mol. The van der Waals surface area contributed by atoms with Crippen molar-refractivity contribution in [1.82, 2.24) is 10.2 Å². The van der Waals surface area contributed by atoms with Crippen LogP contribution in [0.3, 0.4) is 0 Å². The molecule has 1 aliphatic heterocycles. The van der Waals surface area contributed by atoms with Crippen molar-refractivity contribution in [3.05, 3.63) is 85.6 Å². The summed E-state index contributed by atoms with van der Waals surface area (Å²) in [7, 11) is 0. The van der Waals surface area contributed by atoms with E-state index in [2.05, 4.69) is 26.1 Å². The third-order valence-electron chi connectivity index (χ3n) is 4.47. The van der Waals surface area contributed by atoms with Gasteiger partial charge >= 0.3 is 0 Å². The number of nitro groups is 1. The molecule has 2 aromatic carbocycles. The number of anilines is 1. The number of aromatic amines is 1. The number of halogens is 1. The van der Waals surface area contributed by atoms with E-state index in [1.807, 2.05) is 31.2 Å².